The topological polar surface area (TPSA) is 29.9 Å². The van der Waals surface area contributed by atoms with E-state index in [2.05, 4.69) is 30.8 Å². The van der Waals surface area contributed by atoms with Crippen LogP contribution < -0.4 is 5.32 Å². The van der Waals surface area contributed by atoms with Gasteiger partial charge in [-0.05, 0) is 15.9 Å². The van der Waals surface area contributed by atoms with Gasteiger partial charge in [0.1, 0.15) is 0 Å². The highest BCUT2D eigenvalue weighted by atomic mass is 79.9. The number of fused-ring (bicyclic) bond motifs is 1. The molecule has 0 aromatic carbocycles. The third kappa shape index (κ3) is 1.32. The highest BCUT2D eigenvalue weighted by Crippen LogP contribution is 2.12. The van der Waals surface area contributed by atoms with Crippen molar-refractivity contribution in [2.24, 2.45) is 0 Å². The molecule has 1 aliphatic heterocycles. The number of hydrogen-bond acceptors (Lipinski definition) is 2. The van der Waals surface area contributed by atoms with Gasteiger partial charge in [0.25, 0.3) is 0 Å². The monoisotopic (exact) mass is 215 g/mol. The first kappa shape index (κ1) is 7.31. The van der Waals surface area contributed by atoms with Gasteiger partial charge >= 0.3 is 0 Å². The Morgan fingerprint density at radius 2 is 2.45 bits per heavy atom. The summed E-state index contributed by atoms with van der Waals surface area (Å²) in [5.41, 5.74) is 1.32. The van der Waals surface area contributed by atoms with Crippen LogP contribution in [0.2, 0.25) is 0 Å². The Labute approximate surface area is 73.9 Å². The molecule has 0 saturated heterocycles. The van der Waals surface area contributed by atoms with Crippen molar-refractivity contribution in [3.05, 3.63) is 16.6 Å². The van der Waals surface area contributed by atoms with Gasteiger partial charge in [0.15, 0.2) is 4.73 Å². The first-order valence-corrected chi connectivity index (χ1v) is 4.58. The molecule has 0 spiro atoms. The average Bonchev–Trinajstić information content (AvgIpc) is 2.25. The van der Waals surface area contributed by atoms with Gasteiger partial charge in [0.2, 0.25) is 0 Å². The lowest BCUT2D eigenvalue weighted by molar-refractivity contribution is 0.634. The van der Waals surface area contributed by atoms with Gasteiger partial charge in [-0.15, -0.1) is 0 Å². The highest BCUT2D eigenvalue weighted by Gasteiger charge is 2.09. The number of halogens is 1. The van der Waals surface area contributed by atoms with Crippen molar-refractivity contribution >= 4 is 15.9 Å². The summed E-state index contributed by atoms with van der Waals surface area (Å²) in [5.74, 6) is 0. The van der Waals surface area contributed by atoms with Crippen LogP contribution in [0.3, 0.4) is 0 Å². The Morgan fingerprint density at radius 1 is 1.55 bits per heavy atom. The molecule has 0 bridgehead atoms. The van der Waals surface area contributed by atoms with Crippen LogP contribution in [0.15, 0.2) is 10.9 Å². The Bertz CT molecular complexity index is 256. The van der Waals surface area contributed by atoms with E-state index in [1.54, 1.807) is 0 Å². The molecule has 0 amide bonds. The van der Waals surface area contributed by atoms with Crippen LogP contribution in [0.4, 0.5) is 0 Å². The minimum absolute atomic E-state index is 0.955. The van der Waals surface area contributed by atoms with E-state index in [4.69, 9.17) is 0 Å². The summed E-state index contributed by atoms with van der Waals surface area (Å²) in [6.45, 7) is 3.13. The predicted molar refractivity (Wildman–Crippen MR) is 46.5 cm³/mol. The van der Waals surface area contributed by atoms with E-state index in [0.717, 1.165) is 30.8 Å². The number of nitrogens with zero attached hydrogens (tertiary/aromatic N) is 2. The molecule has 1 N–H and O–H groups in total. The third-order valence-electron chi connectivity index (χ3n) is 1.96. The van der Waals surface area contributed by atoms with Gasteiger partial charge in [-0.1, -0.05) is 0 Å². The number of nitrogens with one attached hydrogen (secondary N) is 1. The number of aromatic nitrogens is 2. The first-order chi connectivity index (χ1) is 5.38. The van der Waals surface area contributed by atoms with E-state index in [-0.39, 0.29) is 0 Å². The zero-order chi connectivity index (χ0) is 7.68. The fourth-order valence-corrected chi connectivity index (χ4v) is 1.86. The molecule has 1 aromatic heterocycles. The van der Waals surface area contributed by atoms with E-state index < -0.39 is 0 Å². The molecule has 1 aromatic rings. The lowest BCUT2D eigenvalue weighted by atomic mass is 10.3. The minimum Gasteiger partial charge on any atom is -0.321 e. The normalized spacial score (nSPS) is 17.5. The molecule has 2 heterocycles. The van der Waals surface area contributed by atoms with Crippen LogP contribution in [0.5, 0.6) is 0 Å². The fraction of sp³-hybridized carbons (Fsp3) is 0.571. The summed E-state index contributed by atoms with van der Waals surface area (Å²) < 4.78 is 3.16. The van der Waals surface area contributed by atoms with Gasteiger partial charge in [-0.3, -0.25) is 0 Å². The van der Waals surface area contributed by atoms with Crippen molar-refractivity contribution in [1.82, 2.24) is 14.9 Å². The summed E-state index contributed by atoms with van der Waals surface area (Å²) in [4.78, 5) is 4.19. The summed E-state index contributed by atoms with van der Waals surface area (Å²) in [7, 11) is 0. The second-order valence-electron chi connectivity index (χ2n) is 2.67. The molecule has 3 nitrogen and oxygen atoms in total. The van der Waals surface area contributed by atoms with Crippen LogP contribution in [0.1, 0.15) is 5.69 Å². The standard InChI is InChI=1S/C7H10BrN3/c8-7-10-5-6-1-2-9-3-4-11(6)7/h5,9H,1-4H2. The largest absolute Gasteiger partial charge is 0.321 e. The van der Waals surface area contributed by atoms with Crippen molar-refractivity contribution in [2.75, 3.05) is 13.1 Å². The minimum atomic E-state index is 0.955. The Morgan fingerprint density at radius 3 is 3.36 bits per heavy atom. The predicted octanol–water partition coefficient (Wildman–Crippen LogP) is 0.791. The summed E-state index contributed by atoms with van der Waals surface area (Å²) >= 11 is 3.41. The van der Waals surface area contributed by atoms with E-state index in [9.17, 15) is 0 Å². The van der Waals surface area contributed by atoms with Crippen LogP contribution in [0.25, 0.3) is 0 Å². The van der Waals surface area contributed by atoms with Crippen LogP contribution >= 0.6 is 15.9 Å². The van der Waals surface area contributed by atoms with E-state index in [1.807, 2.05) is 6.20 Å². The molecule has 0 saturated carbocycles. The smallest absolute Gasteiger partial charge is 0.177 e. The van der Waals surface area contributed by atoms with Crippen LogP contribution in [-0.2, 0) is 13.0 Å². The summed E-state index contributed by atoms with van der Waals surface area (Å²) in [5, 5.41) is 3.34. The van der Waals surface area contributed by atoms with Crippen LogP contribution in [-0.4, -0.2) is 22.6 Å². The Kier molecular flexibility index (Phi) is 1.96. The third-order valence-corrected chi connectivity index (χ3v) is 2.59. The second-order valence-corrected chi connectivity index (χ2v) is 3.38. The Hall–Kier alpha value is -0.350. The zero-order valence-corrected chi connectivity index (χ0v) is 7.76. The molecule has 0 unspecified atom stereocenters. The van der Waals surface area contributed by atoms with E-state index in [1.165, 1.54) is 5.69 Å². The lowest BCUT2D eigenvalue weighted by Gasteiger charge is -2.02. The highest BCUT2D eigenvalue weighted by molar-refractivity contribution is 9.10. The molecule has 1 aliphatic rings. The van der Waals surface area contributed by atoms with Crippen molar-refractivity contribution < 1.29 is 0 Å². The van der Waals surface area contributed by atoms with Crippen LogP contribution in [0, 0.1) is 0 Å². The van der Waals surface area contributed by atoms with E-state index in [0.29, 0.717) is 0 Å². The molecule has 0 atom stereocenters. The molecular formula is C7H10BrN3. The van der Waals surface area contributed by atoms with Crippen molar-refractivity contribution in [3.8, 4) is 0 Å². The van der Waals surface area contributed by atoms with Gasteiger partial charge in [-0.25, -0.2) is 4.98 Å². The van der Waals surface area contributed by atoms with Gasteiger partial charge in [-0.2, -0.15) is 0 Å². The van der Waals surface area contributed by atoms with Gasteiger partial charge in [0, 0.05) is 37.9 Å². The molecule has 0 fully saturated rings. The second kappa shape index (κ2) is 2.95. The maximum Gasteiger partial charge on any atom is 0.177 e. The number of rotatable bonds is 0. The molecule has 0 radical (unpaired) electrons. The summed E-state index contributed by atoms with van der Waals surface area (Å²) in [6.07, 6.45) is 3.02. The molecule has 2 rings (SSSR count). The van der Waals surface area contributed by atoms with Gasteiger partial charge < -0.3 is 9.88 Å². The number of imidazole rings is 1. The molecule has 0 aliphatic carbocycles. The van der Waals surface area contributed by atoms with E-state index >= 15 is 0 Å². The quantitative estimate of drug-likeness (QED) is 0.694. The first-order valence-electron chi connectivity index (χ1n) is 3.78. The summed E-state index contributed by atoms with van der Waals surface area (Å²) in [6, 6.07) is 0. The Balaban J connectivity index is 2.35. The molecular weight excluding hydrogens is 206 g/mol. The maximum atomic E-state index is 4.19. The fourth-order valence-electron chi connectivity index (χ4n) is 1.35. The zero-order valence-electron chi connectivity index (χ0n) is 6.18. The maximum absolute atomic E-state index is 4.19. The SMILES string of the molecule is Brc1ncc2n1CCNCC2. The molecule has 60 valence electrons. The van der Waals surface area contributed by atoms with Crippen molar-refractivity contribution in [1.29, 1.82) is 0 Å². The molecule has 11 heavy (non-hydrogen) atoms. The molecule has 4 heteroatoms. The number of hydrogen-bond donors (Lipinski definition) is 1. The van der Waals surface area contributed by atoms with Gasteiger partial charge in [0.05, 0.1) is 0 Å². The lowest BCUT2D eigenvalue weighted by Crippen LogP contribution is -2.17. The van der Waals surface area contributed by atoms with Crippen molar-refractivity contribution in [2.45, 2.75) is 13.0 Å². The average molecular weight is 216 g/mol. The van der Waals surface area contributed by atoms with Crippen molar-refractivity contribution in [3.63, 3.8) is 0 Å².